The fourth-order valence-electron chi connectivity index (χ4n) is 1.95. The number of nitrogens with one attached hydrogen (secondary N) is 1. The molecular weight excluding hydrogens is 246 g/mol. The highest BCUT2D eigenvalue weighted by Crippen LogP contribution is 2.41. The predicted molar refractivity (Wildman–Crippen MR) is 72.8 cm³/mol. The standard InChI is InChI=1S/C13H17N3O3/c1-7-15-11(13(14)16-7)8-5-9(17-2)12(19-4)10(6-8)18-3/h5-6H,14H2,1-4H3,(H,15,16). The zero-order valence-corrected chi connectivity index (χ0v) is 11.4. The molecule has 0 aliphatic heterocycles. The van der Waals surface area contributed by atoms with E-state index in [-0.39, 0.29) is 0 Å². The van der Waals surface area contributed by atoms with Crippen LogP contribution in [0.2, 0.25) is 0 Å². The van der Waals surface area contributed by atoms with E-state index >= 15 is 0 Å². The summed E-state index contributed by atoms with van der Waals surface area (Å²) in [5.74, 6) is 2.88. The number of ether oxygens (including phenoxy) is 3. The van der Waals surface area contributed by atoms with Crippen LogP contribution in [0.4, 0.5) is 5.82 Å². The summed E-state index contributed by atoms with van der Waals surface area (Å²) >= 11 is 0. The smallest absolute Gasteiger partial charge is 0.203 e. The fourth-order valence-corrected chi connectivity index (χ4v) is 1.95. The van der Waals surface area contributed by atoms with E-state index in [4.69, 9.17) is 19.9 Å². The summed E-state index contributed by atoms with van der Waals surface area (Å²) < 4.78 is 15.9. The van der Waals surface area contributed by atoms with Gasteiger partial charge in [0, 0.05) is 5.56 Å². The van der Waals surface area contributed by atoms with Crippen molar-refractivity contribution in [3.05, 3.63) is 18.0 Å². The summed E-state index contributed by atoms with van der Waals surface area (Å²) in [6, 6.07) is 3.65. The quantitative estimate of drug-likeness (QED) is 0.881. The van der Waals surface area contributed by atoms with Gasteiger partial charge in [-0.2, -0.15) is 0 Å². The summed E-state index contributed by atoms with van der Waals surface area (Å²) in [6.45, 7) is 1.85. The van der Waals surface area contributed by atoms with Crippen LogP contribution in [0.5, 0.6) is 17.2 Å². The van der Waals surface area contributed by atoms with E-state index in [2.05, 4.69) is 9.97 Å². The number of hydrogen-bond donors (Lipinski definition) is 2. The maximum Gasteiger partial charge on any atom is 0.203 e. The van der Waals surface area contributed by atoms with Crippen molar-refractivity contribution in [1.82, 2.24) is 9.97 Å². The fraction of sp³-hybridized carbons (Fsp3) is 0.308. The van der Waals surface area contributed by atoms with Gasteiger partial charge in [0.1, 0.15) is 11.6 Å². The average molecular weight is 263 g/mol. The Morgan fingerprint density at radius 1 is 1.05 bits per heavy atom. The second kappa shape index (κ2) is 5.09. The lowest BCUT2D eigenvalue weighted by atomic mass is 10.1. The minimum Gasteiger partial charge on any atom is -0.493 e. The Morgan fingerprint density at radius 3 is 2.00 bits per heavy atom. The lowest BCUT2D eigenvalue weighted by Gasteiger charge is -2.13. The van der Waals surface area contributed by atoms with E-state index < -0.39 is 0 Å². The van der Waals surface area contributed by atoms with E-state index in [1.165, 1.54) is 0 Å². The van der Waals surface area contributed by atoms with Crippen LogP contribution in [0.1, 0.15) is 5.82 Å². The highest BCUT2D eigenvalue weighted by molar-refractivity contribution is 5.75. The van der Waals surface area contributed by atoms with Gasteiger partial charge < -0.3 is 24.9 Å². The summed E-state index contributed by atoms with van der Waals surface area (Å²) in [7, 11) is 4.71. The first-order chi connectivity index (χ1) is 9.10. The normalized spacial score (nSPS) is 10.3. The van der Waals surface area contributed by atoms with E-state index in [1.54, 1.807) is 21.3 Å². The number of methoxy groups -OCH3 is 3. The molecule has 0 radical (unpaired) electrons. The molecule has 2 aromatic rings. The second-order valence-corrected chi connectivity index (χ2v) is 4.00. The number of benzene rings is 1. The second-order valence-electron chi connectivity index (χ2n) is 4.00. The van der Waals surface area contributed by atoms with Crippen LogP contribution < -0.4 is 19.9 Å². The predicted octanol–water partition coefficient (Wildman–Crippen LogP) is 1.99. The third-order valence-electron chi connectivity index (χ3n) is 2.80. The molecule has 19 heavy (non-hydrogen) atoms. The molecule has 1 aromatic carbocycles. The maximum absolute atomic E-state index is 5.87. The van der Waals surface area contributed by atoms with E-state index in [9.17, 15) is 0 Å². The monoisotopic (exact) mass is 263 g/mol. The minimum absolute atomic E-state index is 0.437. The molecule has 0 aliphatic rings. The number of H-pyrrole nitrogens is 1. The molecule has 3 N–H and O–H groups in total. The topological polar surface area (TPSA) is 82.4 Å². The number of nitrogens with zero attached hydrogens (tertiary/aromatic N) is 1. The Balaban J connectivity index is 2.62. The molecule has 0 saturated carbocycles. The zero-order valence-electron chi connectivity index (χ0n) is 11.4. The van der Waals surface area contributed by atoms with Gasteiger partial charge in [-0.3, -0.25) is 0 Å². The molecule has 0 atom stereocenters. The number of hydrogen-bond acceptors (Lipinski definition) is 5. The number of nitrogens with two attached hydrogens (primary N) is 1. The molecule has 6 heteroatoms. The van der Waals surface area contributed by atoms with Crippen LogP contribution in [0.25, 0.3) is 11.3 Å². The van der Waals surface area contributed by atoms with Crippen molar-refractivity contribution in [3.8, 4) is 28.5 Å². The molecule has 0 amide bonds. The van der Waals surface area contributed by atoms with Gasteiger partial charge in [0.2, 0.25) is 5.75 Å². The minimum atomic E-state index is 0.437. The summed E-state index contributed by atoms with van der Waals surface area (Å²) in [4.78, 5) is 7.26. The number of imidazole rings is 1. The maximum atomic E-state index is 5.87. The number of aryl methyl sites for hydroxylation is 1. The number of aromatic amines is 1. The first kappa shape index (κ1) is 13.1. The lowest BCUT2D eigenvalue weighted by Crippen LogP contribution is -1.96. The summed E-state index contributed by atoms with van der Waals surface area (Å²) in [5.41, 5.74) is 7.43. The molecule has 0 aliphatic carbocycles. The van der Waals surface area contributed by atoms with Gasteiger partial charge >= 0.3 is 0 Å². The van der Waals surface area contributed by atoms with Crippen molar-refractivity contribution in [1.29, 1.82) is 0 Å². The van der Waals surface area contributed by atoms with E-state index in [0.717, 1.165) is 17.1 Å². The van der Waals surface area contributed by atoms with Crippen LogP contribution in [0.3, 0.4) is 0 Å². The molecular formula is C13H17N3O3. The average Bonchev–Trinajstić information content (AvgIpc) is 2.75. The highest BCUT2D eigenvalue weighted by atomic mass is 16.5. The Bertz CT molecular complexity index is 568. The zero-order chi connectivity index (χ0) is 14.0. The Morgan fingerprint density at radius 2 is 1.63 bits per heavy atom. The first-order valence-electron chi connectivity index (χ1n) is 5.73. The molecule has 0 spiro atoms. The SMILES string of the molecule is COc1cc(-c2[nH]c(C)nc2N)cc(OC)c1OC. The van der Waals surface area contributed by atoms with Crippen LogP contribution in [-0.4, -0.2) is 31.3 Å². The molecule has 1 aromatic heterocycles. The first-order valence-corrected chi connectivity index (χ1v) is 5.73. The van der Waals surface area contributed by atoms with Crippen molar-refractivity contribution in [2.75, 3.05) is 27.1 Å². The van der Waals surface area contributed by atoms with Crippen molar-refractivity contribution < 1.29 is 14.2 Å². The molecule has 6 nitrogen and oxygen atoms in total. The van der Waals surface area contributed by atoms with Crippen molar-refractivity contribution in [2.45, 2.75) is 6.92 Å². The molecule has 102 valence electrons. The largest absolute Gasteiger partial charge is 0.493 e. The van der Waals surface area contributed by atoms with Gasteiger partial charge in [0.05, 0.1) is 27.0 Å². The Kier molecular flexibility index (Phi) is 3.50. The summed E-state index contributed by atoms with van der Waals surface area (Å²) in [6.07, 6.45) is 0. The molecule has 0 fully saturated rings. The van der Waals surface area contributed by atoms with Crippen LogP contribution in [0.15, 0.2) is 12.1 Å². The third-order valence-corrected chi connectivity index (χ3v) is 2.80. The van der Waals surface area contributed by atoms with Crippen molar-refractivity contribution in [3.63, 3.8) is 0 Å². The number of rotatable bonds is 4. The molecule has 2 rings (SSSR count). The summed E-state index contributed by atoms with van der Waals surface area (Å²) in [5, 5.41) is 0. The molecule has 0 unspecified atom stereocenters. The number of anilines is 1. The van der Waals surface area contributed by atoms with Gasteiger partial charge in [0.15, 0.2) is 11.5 Å². The van der Waals surface area contributed by atoms with Gasteiger partial charge in [-0.05, 0) is 19.1 Å². The van der Waals surface area contributed by atoms with Gasteiger partial charge in [0.25, 0.3) is 0 Å². The van der Waals surface area contributed by atoms with Gasteiger partial charge in [-0.15, -0.1) is 0 Å². The van der Waals surface area contributed by atoms with Crippen molar-refractivity contribution in [2.24, 2.45) is 0 Å². The molecule has 1 heterocycles. The van der Waals surface area contributed by atoms with Crippen molar-refractivity contribution >= 4 is 5.82 Å². The number of nitrogen functional groups attached to an aromatic ring is 1. The number of aromatic nitrogens is 2. The molecule has 0 saturated heterocycles. The van der Waals surface area contributed by atoms with E-state index in [1.807, 2.05) is 19.1 Å². The van der Waals surface area contributed by atoms with Gasteiger partial charge in [-0.1, -0.05) is 0 Å². The third kappa shape index (κ3) is 2.29. The molecule has 0 bridgehead atoms. The van der Waals surface area contributed by atoms with Crippen LogP contribution in [0, 0.1) is 6.92 Å². The Hall–Kier alpha value is -2.37. The van der Waals surface area contributed by atoms with E-state index in [0.29, 0.717) is 23.1 Å². The van der Waals surface area contributed by atoms with Gasteiger partial charge in [-0.25, -0.2) is 4.98 Å². The Labute approximate surface area is 111 Å². The van der Waals surface area contributed by atoms with Crippen LogP contribution in [-0.2, 0) is 0 Å². The lowest BCUT2D eigenvalue weighted by molar-refractivity contribution is 0.324. The van der Waals surface area contributed by atoms with Crippen LogP contribution >= 0.6 is 0 Å². The highest BCUT2D eigenvalue weighted by Gasteiger charge is 2.16.